The summed E-state index contributed by atoms with van der Waals surface area (Å²) in [5.41, 5.74) is 3.61. The molecule has 3 aromatic rings. The Balaban J connectivity index is 1.63. The van der Waals surface area contributed by atoms with E-state index in [1.807, 2.05) is 13.8 Å². The van der Waals surface area contributed by atoms with Crippen molar-refractivity contribution >= 4 is 11.8 Å². The van der Waals surface area contributed by atoms with Crippen LogP contribution in [-0.4, -0.2) is 35.4 Å². The Morgan fingerprint density at radius 3 is 2.41 bits per heavy atom. The second-order valence-corrected chi connectivity index (χ2v) is 6.10. The Kier molecular flexibility index (Phi) is 5.35. The molecular formula is C21H20N2O4. The monoisotopic (exact) mass is 364 g/mol. The van der Waals surface area contributed by atoms with Crippen molar-refractivity contribution in [3.63, 3.8) is 0 Å². The van der Waals surface area contributed by atoms with E-state index in [1.54, 1.807) is 48.5 Å². The number of ketones is 1. The van der Waals surface area contributed by atoms with Crippen LogP contribution in [-0.2, 0) is 4.74 Å². The van der Waals surface area contributed by atoms with Gasteiger partial charge in [-0.15, -0.1) is 0 Å². The number of H-pyrrole nitrogens is 1. The lowest BCUT2D eigenvalue weighted by Gasteiger charge is -2.06. The molecule has 1 N–H and O–H groups in total. The molecule has 0 bridgehead atoms. The van der Waals surface area contributed by atoms with Crippen LogP contribution in [0.2, 0.25) is 0 Å². The number of aromatic amines is 1. The van der Waals surface area contributed by atoms with E-state index in [1.165, 1.54) is 7.11 Å². The number of methoxy groups -OCH3 is 1. The summed E-state index contributed by atoms with van der Waals surface area (Å²) < 4.78 is 10.2. The molecule has 2 aromatic carbocycles. The molecule has 1 aromatic heterocycles. The number of benzene rings is 2. The zero-order valence-corrected chi connectivity index (χ0v) is 15.4. The predicted octanol–water partition coefficient (Wildman–Crippen LogP) is 3.74. The van der Waals surface area contributed by atoms with E-state index >= 15 is 0 Å². The number of carbonyl (C=O) groups is 2. The molecular weight excluding hydrogens is 344 g/mol. The minimum atomic E-state index is -0.551. The van der Waals surface area contributed by atoms with Crippen molar-refractivity contribution in [2.45, 2.75) is 13.8 Å². The van der Waals surface area contributed by atoms with Crippen molar-refractivity contribution in [2.75, 3.05) is 13.7 Å². The predicted molar refractivity (Wildman–Crippen MR) is 101 cm³/mol. The highest BCUT2D eigenvalue weighted by Gasteiger charge is 2.13. The summed E-state index contributed by atoms with van der Waals surface area (Å²) >= 11 is 0. The van der Waals surface area contributed by atoms with Gasteiger partial charge in [-0.25, -0.2) is 9.78 Å². The van der Waals surface area contributed by atoms with E-state index < -0.39 is 5.97 Å². The number of ether oxygens (including phenoxy) is 2. The molecule has 3 rings (SSSR count). The normalized spacial score (nSPS) is 10.5. The van der Waals surface area contributed by atoms with Gasteiger partial charge >= 0.3 is 5.97 Å². The molecule has 0 atom stereocenters. The third-order valence-corrected chi connectivity index (χ3v) is 4.25. The van der Waals surface area contributed by atoms with Gasteiger partial charge in [0.25, 0.3) is 0 Å². The summed E-state index contributed by atoms with van der Waals surface area (Å²) in [7, 11) is 1.53. The van der Waals surface area contributed by atoms with Gasteiger partial charge in [-0.05, 0) is 38.1 Å². The number of nitrogens with zero attached hydrogens (tertiary/aromatic N) is 1. The van der Waals surface area contributed by atoms with Gasteiger partial charge in [0.15, 0.2) is 12.4 Å². The summed E-state index contributed by atoms with van der Waals surface area (Å²) in [4.78, 5) is 32.0. The molecule has 0 fully saturated rings. The van der Waals surface area contributed by atoms with E-state index in [4.69, 9.17) is 9.47 Å². The van der Waals surface area contributed by atoms with Gasteiger partial charge in [-0.1, -0.05) is 24.3 Å². The molecule has 0 aliphatic carbocycles. The number of aryl methyl sites for hydroxylation is 2. The smallest absolute Gasteiger partial charge is 0.338 e. The summed E-state index contributed by atoms with van der Waals surface area (Å²) in [5.74, 6) is 0.481. The first kappa shape index (κ1) is 18.4. The number of Topliss-reactive ketones (excluding diaryl/α,β-unsaturated/α-hetero) is 1. The molecule has 0 aliphatic rings. The van der Waals surface area contributed by atoms with Gasteiger partial charge in [0.1, 0.15) is 11.6 Å². The lowest BCUT2D eigenvalue weighted by atomic mass is 10.1. The topological polar surface area (TPSA) is 81.3 Å². The standard InChI is InChI=1S/C21H20N2O4/c1-13-14(2)23-20(22-13)15-7-9-16(10-8-15)21(25)27-12-19(24)17-5-4-6-18(11-17)26-3/h4-11H,12H2,1-3H3,(H,22,23). The van der Waals surface area contributed by atoms with Crippen LogP contribution in [0.1, 0.15) is 32.1 Å². The SMILES string of the molecule is COc1cccc(C(=O)COC(=O)c2ccc(-c3nc(C)c(C)[nH]3)cc2)c1. The van der Waals surface area contributed by atoms with E-state index in [9.17, 15) is 9.59 Å². The Hall–Kier alpha value is -3.41. The van der Waals surface area contributed by atoms with Crippen LogP contribution in [0.25, 0.3) is 11.4 Å². The van der Waals surface area contributed by atoms with Crippen molar-refractivity contribution in [2.24, 2.45) is 0 Å². The van der Waals surface area contributed by atoms with Gasteiger partial charge in [0.2, 0.25) is 0 Å². The maximum absolute atomic E-state index is 12.2. The highest BCUT2D eigenvalue weighted by atomic mass is 16.5. The summed E-state index contributed by atoms with van der Waals surface area (Å²) in [6, 6.07) is 13.6. The molecule has 0 radical (unpaired) electrons. The number of nitrogens with one attached hydrogen (secondary N) is 1. The fraction of sp³-hybridized carbons (Fsp3) is 0.190. The number of aromatic nitrogens is 2. The maximum atomic E-state index is 12.2. The number of hydrogen-bond acceptors (Lipinski definition) is 5. The molecule has 0 saturated carbocycles. The second-order valence-electron chi connectivity index (χ2n) is 6.10. The van der Waals surface area contributed by atoms with Crippen LogP contribution in [0.15, 0.2) is 48.5 Å². The van der Waals surface area contributed by atoms with Gasteiger partial charge in [-0.3, -0.25) is 4.79 Å². The average molecular weight is 364 g/mol. The zero-order chi connectivity index (χ0) is 19.4. The molecule has 0 amide bonds. The van der Waals surface area contributed by atoms with Crippen molar-refractivity contribution in [3.05, 3.63) is 71.0 Å². The lowest BCUT2D eigenvalue weighted by Crippen LogP contribution is -2.14. The molecule has 27 heavy (non-hydrogen) atoms. The van der Waals surface area contributed by atoms with Gasteiger partial charge in [0.05, 0.1) is 18.4 Å². The van der Waals surface area contributed by atoms with Crippen LogP contribution in [0.4, 0.5) is 0 Å². The van der Waals surface area contributed by atoms with Crippen LogP contribution in [0, 0.1) is 13.8 Å². The first-order valence-electron chi connectivity index (χ1n) is 8.46. The molecule has 0 aliphatic heterocycles. The number of carbonyl (C=O) groups excluding carboxylic acids is 2. The molecule has 6 heteroatoms. The highest BCUT2D eigenvalue weighted by molar-refractivity contribution is 5.99. The lowest BCUT2D eigenvalue weighted by molar-refractivity contribution is 0.0474. The summed E-state index contributed by atoms with van der Waals surface area (Å²) in [5, 5.41) is 0. The summed E-state index contributed by atoms with van der Waals surface area (Å²) in [6.07, 6.45) is 0. The maximum Gasteiger partial charge on any atom is 0.338 e. The summed E-state index contributed by atoms with van der Waals surface area (Å²) in [6.45, 7) is 3.56. The largest absolute Gasteiger partial charge is 0.497 e. The Morgan fingerprint density at radius 2 is 1.78 bits per heavy atom. The van der Waals surface area contributed by atoms with E-state index in [0.29, 0.717) is 16.9 Å². The number of hydrogen-bond donors (Lipinski definition) is 1. The molecule has 1 heterocycles. The third kappa shape index (κ3) is 4.23. The van der Waals surface area contributed by atoms with Gasteiger partial charge in [-0.2, -0.15) is 0 Å². The van der Waals surface area contributed by atoms with Crippen molar-refractivity contribution in [3.8, 4) is 17.1 Å². The first-order chi connectivity index (χ1) is 13.0. The quantitative estimate of drug-likeness (QED) is 0.532. The minimum Gasteiger partial charge on any atom is -0.497 e. The molecule has 0 unspecified atom stereocenters. The molecule has 0 saturated heterocycles. The van der Waals surface area contributed by atoms with Crippen LogP contribution >= 0.6 is 0 Å². The molecule has 6 nitrogen and oxygen atoms in total. The van der Waals surface area contributed by atoms with Crippen molar-refractivity contribution in [1.29, 1.82) is 0 Å². The van der Waals surface area contributed by atoms with Crippen LogP contribution in [0.3, 0.4) is 0 Å². The Bertz CT molecular complexity index is 955. The van der Waals surface area contributed by atoms with Gasteiger partial charge in [0, 0.05) is 16.8 Å². The number of imidazole rings is 1. The fourth-order valence-electron chi connectivity index (χ4n) is 2.54. The first-order valence-corrected chi connectivity index (χ1v) is 8.46. The molecule has 0 spiro atoms. The number of esters is 1. The highest BCUT2D eigenvalue weighted by Crippen LogP contribution is 2.19. The number of rotatable bonds is 6. The zero-order valence-electron chi connectivity index (χ0n) is 15.4. The van der Waals surface area contributed by atoms with Crippen LogP contribution < -0.4 is 4.74 Å². The Labute approximate surface area is 157 Å². The van der Waals surface area contributed by atoms with E-state index in [0.717, 1.165) is 22.8 Å². The van der Waals surface area contributed by atoms with E-state index in [2.05, 4.69) is 9.97 Å². The fourth-order valence-corrected chi connectivity index (χ4v) is 2.54. The second kappa shape index (κ2) is 7.86. The average Bonchev–Trinajstić information content (AvgIpc) is 3.04. The minimum absolute atomic E-state index is 0.291. The van der Waals surface area contributed by atoms with Crippen molar-refractivity contribution in [1.82, 2.24) is 9.97 Å². The van der Waals surface area contributed by atoms with Crippen molar-refractivity contribution < 1.29 is 19.1 Å². The van der Waals surface area contributed by atoms with Crippen LogP contribution in [0.5, 0.6) is 5.75 Å². The molecule has 138 valence electrons. The van der Waals surface area contributed by atoms with Gasteiger partial charge < -0.3 is 14.5 Å². The Morgan fingerprint density at radius 1 is 1.04 bits per heavy atom. The third-order valence-electron chi connectivity index (χ3n) is 4.25. The van der Waals surface area contributed by atoms with E-state index in [-0.39, 0.29) is 12.4 Å².